The first-order chi connectivity index (χ1) is 14.1. The third kappa shape index (κ3) is 4.64. The van der Waals surface area contributed by atoms with E-state index in [4.69, 9.17) is 9.47 Å². The molecule has 0 spiro atoms. The van der Waals surface area contributed by atoms with Crippen molar-refractivity contribution in [1.82, 2.24) is 24.5 Å². The third-order valence-electron chi connectivity index (χ3n) is 4.47. The van der Waals surface area contributed by atoms with Gasteiger partial charge >= 0.3 is 0 Å². The van der Waals surface area contributed by atoms with E-state index in [9.17, 15) is 4.79 Å². The molecular formula is C21H27N5O3. The molecule has 0 radical (unpaired) electrons. The van der Waals surface area contributed by atoms with Crippen LogP contribution in [0.3, 0.4) is 0 Å². The Morgan fingerprint density at radius 2 is 2.00 bits per heavy atom. The van der Waals surface area contributed by atoms with Crippen molar-refractivity contribution in [2.45, 2.75) is 40.2 Å². The highest BCUT2D eigenvalue weighted by molar-refractivity contribution is 5.90. The van der Waals surface area contributed by atoms with E-state index in [-0.39, 0.29) is 11.7 Å². The number of rotatable bonds is 9. The number of amides is 1. The zero-order chi connectivity index (χ0) is 20.8. The van der Waals surface area contributed by atoms with E-state index in [2.05, 4.69) is 22.0 Å². The first-order valence-electron chi connectivity index (χ1n) is 9.84. The van der Waals surface area contributed by atoms with Crippen LogP contribution in [0, 0.1) is 6.92 Å². The van der Waals surface area contributed by atoms with Gasteiger partial charge in [0.1, 0.15) is 0 Å². The number of carbonyl (C=O) groups is 1. The van der Waals surface area contributed by atoms with Crippen LogP contribution < -0.4 is 9.47 Å². The molecule has 3 rings (SSSR count). The molecule has 0 aliphatic carbocycles. The second kappa shape index (κ2) is 9.36. The Kier molecular flexibility index (Phi) is 6.64. The Labute approximate surface area is 170 Å². The van der Waals surface area contributed by atoms with Crippen LogP contribution in [-0.2, 0) is 6.54 Å². The molecular weight excluding hydrogens is 370 g/mol. The fourth-order valence-corrected chi connectivity index (χ4v) is 3.02. The monoisotopic (exact) mass is 397 g/mol. The van der Waals surface area contributed by atoms with Gasteiger partial charge in [0.15, 0.2) is 11.5 Å². The van der Waals surface area contributed by atoms with Gasteiger partial charge in [0.05, 0.1) is 13.7 Å². The molecule has 154 valence electrons. The molecule has 0 aliphatic heterocycles. The maximum atomic E-state index is 13.1. The lowest BCUT2D eigenvalue weighted by atomic mass is 10.1. The Morgan fingerprint density at radius 3 is 2.69 bits per heavy atom. The number of methoxy groups -OCH3 is 1. The molecule has 3 aromatic rings. The van der Waals surface area contributed by atoms with Crippen molar-refractivity contribution in [3.05, 3.63) is 47.5 Å². The molecule has 2 aromatic heterocycles. The summed E-state index contributed by atoms with van der Waals surface area (Å²) in [5.41, 5.74) is 1.82. The van der Waals surface area contributed by atoms with Crippen molar-refractivity contribution in [3.8, 4) is 11.5 Å². The van der Waals surface area contributed by atoms with Gasteiger partial charge in [-0.15, -0.1) is 5.10 Å². The summed E-state index contributed by atoms with van der Waals surface area (Å²) in [5, 5.41) is 4.35. The molecule has 0 aliphatic rings. The van der Waals surface area contributed by atoms with E-state index < -0.39 is 0 Å². The normalized spacial score (nSPS) is 10.9. The maximum absolute atomic E-state index is 13.1. The zero-order valence-corrected chi connectivity index (χ0v) is 17.4. The summed E-state index contributed by atoms with van der Waals surface area (Å²) in [6.07, 6.45) is 3.40. The number of fused-ring (bicyclic) bond motifs is 1. The van der Waals surface area contributed by atoms with Crippen LogP contribution in [-0.4, -0.2) is 50.7 Å². The van der Waals surface area contributed by atoms with E-state index >= 15 is 0 Å². The molecule has 0 atom stereocenters. The molecule has 29 heavy (non-hydrogen) atoms. The van der Waals surface area contributed by atoms with Crippen molar-refractivity contribution in [1.29, 1.82) is 0 Å². The van der Waals surface area contributed by atoms with E-state index in [0.717, 1.165) is 24.1 Å². The van der Waals surface area contributed by atoms with E-state index in [1.165, 1.54) is 0 Å². The van der Waals surface area contributed by atoms with Gasteiger partial charge in [-0.05, 0) is 43.5 Å². The van der Waals surface area contributed by atoms with Gasteiger partial charge in [-0.1, -0.05) is 19.9 Å². The predicted molar refractivity (Wildman–Crippen MR) is 109 cm³/mol. The minimum Gasteiger partial charge on any atom is -0.493 e. The fraction of sp³-hybridized carbons (Fsp3) is 0.429. The number of benzene rings is 1. The van der Waals surface area contributed by atoms with Crippen LogP contribution in [0.1, 0.15) is 48.6 Å². The molecule has 0 N–H and O–H groups in total. The number of aromatic nitrogens is 4. The molecule has 1 aromatic carbocycles. The Hall–Kier alpha value is -3.16. The minimum atomic E-state index is -0.220. The van der Waals surface area contributed by atoms with Gasteiger partial charge in [-0.3, -0.25) is 4.79 Å². The molecule has 2 heterocycles. The summed E-state index contributed by atoms with van der Waals surface area (Å²) in [4.78, 5) is 23.3. The zero-order valence-electron chi connectivity index (χ0n) is 17.4. The van der Waals surface area contributed by atoms with Crippen LogP contribution >= 0.6 is 0 Å². The topological polar surface area (TPSA) is 81.9 Å². The predicted octanol–water partition coefficient (Wildman–Crippen LogP) is 3.28. The van der Waals surface area contributed by atoms with Gasteiger partial charge in [-0.2, -0.15) is 4.98 Å². The summed E-state index contributed by atoms with van der Waals surface area (Å²) >= 11 is 0. The molecule has 8 heteroatoms. The lowest BCUT2D eigenvalue weighted by Gasteiger charge is -2.21. The summed E-state index contributed by atoms with van der Waals surface area (Å²) in [7, 11) is 1.61. The number of aryl methyl sites for hydroxylation is 1. The van der Waals surface area contributed by atoms with E-state index in [1.54, 1.807) is 22.7 Å². The highest BCUT2D eigenvalue weighted by atomic mass is 16.5. The average molecular weight is 397 g/mol. The van der Waals surface area contributed by atoms with E-state index in [0.29, 0.717) is 37.0 Å². The Balaban J connectivity index is 1.83. The van der Waals surface area contributed by atoms with Gasteiger partial charge in [0.2, 0.25) is 5.82 Å². The van der Waals surface area contributed by atoms with Crippen LogP contribution in [0.2, 0.25) is 0 Å². The third-order valence-corrected chi connectivity index (χ3v) is 4.47. The van der Waals surface area contributed by atoms with Gasteiger partial charge in [0, 0.05) is 25.0 Å². The summed E-state index contributed by atoms with van der Waals surface area (Å²) < 4.78 is 12.8. The van der Waals surface area contributed by atoms with Crippen molar-refractivity contribution in [2.75, 3.05) is 20.3 Å². The maximum Gasteiger partial charge on any atom is 0.293 e. The van der Waals surface area contributed by atoms with Gasteiger partial charge < -0.3 is 14.4 Å². The Bertz CT molecular complexity index is 986. The number of nitrogens with zero attached hydrogens (tertiary/aromatic N) is 5. The largest absolute Gasteiger partial charge is 0.493 e. The van der Waals surface area contributed by atoms with Crippen molar-refractivity contribution in [2.24, 2.45) is 0 Å². The Morgan fingerprint density at radius 1 is 1.17 bits per heavy atom. The molecule has 0 saturated carbocycles. The number of hydrogen-bond donors (Lipinski definition) is 0. The molecule has 0 unspecified atom stereocenters. The standard InChI is InChI=1S/C21H27N5O3/c1-5-11-25(14-16-7-8-17(29-12-6-2)18(13-16)28-4)20(27)19-23-21-22-10-9-15(3)26(21)24-19/h7-10,13H,5-6,11-12,14H2,1-4H3. The van der Waals surface area contributed by atoms with Gasteiger partial charge in [0.25, 0.3) is 11.7 Å². The molecule has 0 bridgehead atoms. The minimum absolute atomic E-state index is 0.148. The first-order valence-corrected chi connectivity index (χ1v) is 9.84. The smallest absolute Gasteiger partial charge is 0.293 e. The van der Waals surface area contributed by atoms with Crippen molar-refractivity contribution < 1.29 is 14.3 Å². The van der Waals surface area contributed by atoms with Crippen molar-refractivity contribution in [3.63, 3.8) is 0 Å². The number of ether oxygens (including phenoxy) is 2. The molecule has 8 nitrogen and oxygen atoms in total. The lowest BCUT2D eigenvalue weighted by Crippen LogP contribution is -2.32. The van der Waals surface area contributed by atoms with Crippen molar-refractivity contribution >= 4 is 11.7 Å². The quantitative estimate of drug-likeness (QED) is 0.551. The summed E-state index contributed by atoms with van der Waals surface area (Å²) in [6.45, 7) is 7.64. The highest BCUT2D eigenvalue weighted by Gasteiger charge is 2.21. The summed E-state index contributed by atoms with van der Waals surface area (Å²) in [6, 6.07) is 7.57. The van der Waals surface area contributed by atoms with Crippen LogP contribution in [0.4, 0.5) is 0 Å². The average Bonchev–Trinajstić information content (AvgIpc) is 3.17. The second-order valence-corrected chi connectivity index (χ2v) is 6.79. The highest BCUT2D eigenvalue weighted by Crippen LogP contribution is 2.29. The first kappa shape index (κ1) is 20.6. The lowest BCUT2D eigenvalue weighted by molar-refractivity contribution is 0.0731. The SMILES string of the molecule is CCCOc1ccc(CN(CCC)C(=O)c2nc3nccc(C)n3n2)cc1OC. The number of carbonyl (C=O) groups excluding carboxylic acids is 1. The summed E-state index contributed by atoms with van der Waals surface area (Å²) in [5.74, 6) is 1.71. The van der Waals surface area contributed by atoms with Crippen LogP contribution in [0.25, 0.3) is 5.78 Å². The van der Waals surface area contributed by atoms with E-state index in [1.807, 2.05) is 38.1 Å². The van der Waals surface area contributed by atoms with Gasteiger partial charge in [-0.25, -0.2) is 9.50 Å². The number of hydrogen-bond acceptors (Lipinski definition) is 6. The molecule has 1 amide bonds. The van der Waals surface area contributed by atoms with Crippen LogP contribution in [0.5, 0.6) is 11.5 Å². The molecule has 0 fully saturated rings. The van der Waals surface area contributed by atoms with Crippen LogP contribution in [0.15, 0.2) is 30.5 Å². The fourth-order valence-electron chi connectivity index (χ4n) is 3.02. The molecule has 0 saturated heterocycles. The second-order valence-electron chi connectivity index (χ2n) is 6.79.